The summed E-state index contributed by atoms with van der Waals surface area (Å²) in [6.45, 7) is 7.12. The summed E-state index contributed by atoms with van der Waals surface area (Å²) in [4.78, 5) is 42.4. The van der Waals surface area contributed by atoms with Crippen LogP contribution in [0.1, 0.15) is 31.9 Å². The van der Waals surface area contributed by atoms with Gasteiger partial charge in [0.1, 0.15) is 5.01 Å². The maximum absolute atomic E-state index is 12.3. The molecule has 0 spiro atoms. The van der Waals surface area contributed by atoms with Crippen LogP contribution in [0.5, 0.6) is 0 Å². The molecule has 3 aromatic carbocycles. The number of nitrogens with zero attached hydrogens (tertiary/aromatic N) is 2. The molecule has 0 fully saturated rings. The molecule has 40 heavy (non-hydrogen) atoms. The Hall–Kier alpha value is -4.05. The molecule has 0 unspecified atom stereocenters. The predicted octanol–water partition coefficient (Wildman–Crippen LogP) is 5.84. The van der Waals surface area contributed by atoms with Gasteiger partial charge in [-0.15, -0.1) is 11.3 Å². The molecule has 2 aromatic heterocycles. The molecule has 0 aliphatic rings. The number of aryl methyl sites for hydroxylation is 1. The lowest BCUT2D eigenvalue weighted by Crippen LogP contribution is -2.27. The normalized spacial score (nSPS) is 11.2. The van der Waals surface area contributed by atoms with E-state index in [1.54, 1.807) is 39.0 Å². The largest absolute Gasteiger partial charge is 0.481 e. The zero-order chi connectivity index (χ0) is 29.2. The molecule has 0 aliphatic heterocycles. The number of H-pyrrole nitrogens is 1. The lowest BCUT2D eigenvalue weighted by atomic mass is 9.93. The number of aromatic nitrogens is 3. The van der Waals surface area contributed by atoms with E-state index in [-0.39, 0.29) is 6.42 Å². The SMILES string of the molecule is CC(C)(C)O.Cc1cc2nc(-c3cccc(-n4ccc(=O)[nH]c4=O)c3)sc2c(-c2ccc(Cl)cc2)c1CC(=O)O. The van der Waals surface area contributed by atoms with Gasteiger partial charge in [0.15, 0.2) is 0 Å². The van der Waals surface area contributed by atoms with Crippen LogP contribution in [-0.4, -0.2) is 36.3 Å². The Balaban J connectivity index is 0.000000681. The first-order chi connectivity index (χ1) is 18.8. The second kappa shape index (κ2) is 11.6. The summed E-state index contributed by atoms with van der Waals surface area (Å²) >= 11 is 7.55. The molecule has 5 rings (SSSR count). The van der Waals surface area contributed by atoms with Gasteiger partial charge in [0.2, 0.25) is 0 Å². The molecule has 0 atom stereocenters. The molecule has 206 valence electrons. The quantitative estimate of drug-likeness (QED) is 0.241. The molecular formula is C30H28ClN3O5S. The molecule has 8 nitrogen and oxygen atoms in total. The second-order valence-corrected chi connectivity index (χ2v) is 11.6. The predicted molar refractivity (Wildman–Crippen MR) is 160 cm³/mol. The third kappa shape index (κ3) is 6.93. The minimum atomic E-state index is -0.911. The van der Waals surface area contributed by atoms with Crippen molar-refractivity contribution in [2.45, 2.75) is 39.7 Å². The minimum Gasteiger partial charge on any atom is -0.481 e. The number of carbonyl (C=O) groups is 1. The van der Waals surface area contributed by atoms with Crippen LogP contribution in [0.3, 0.4) is 0 Å². The van der Waals surface area contributed by atoms with Gasteiger partial charge < -0.3 is 10.2 Å². The molecule has 5 aromatic rings. The number of aliphatic hydroxyl groups is 1. The molecular weight excluding hydrogens is 550 g/mol. The number of thiazole rings is 1. The third-order valence-electron chi connectivity index (χ3n) is 5.67. The van der Waals surface area contributed by atoms with E-state index >= 15 is 0 Å². The summed E-state index contributed by atoms with van der Waals surface area (Å²) in [7, 11) is 0. The van der Waals surface area contributed by atoms with Crippen molar-refractivity contribution >= 4 is 39.1 Å². The number of hydrogen-bond acceptors (Lipinski definition) is 6. The number of fused-ring (bicyclic) bond motifs is 1. The van der Waals surface area contributed by atoms with Gasteiger partial charge in [0.05, 0.1) is 27.9 Å². The average Bonchev–Trinajstić information content (AvgIpc) is 3.27. The molecule has 0 bridgehead atoms. The number of nitrogens with one attached hydrogen (secondary N) is 1. The average molecular weight is 578 g/mol. The highest BCUT2D eigenvalue weighted by atomic mass is 35.5. The Kier molecular flexibility index (Phi) is 8.39. The van der Waals surface area contributed by atoms with E-state index in [1.807, 2.05) is 43.3 Å². The Morgan fingerprint density at radius 1 is 1.05 bits per heavy atom. The first-order valence-electron chi connectivity index (χ1n) is 12.4. The van der Waals surface area contributed by atoms with E-state index < -0.39 is 22.8 Å². The maximum atomic E-state index is 12.3. The van der Waals surface area contributed by atoms with Gasteiger partial charge in [-0.3, -0.25) is 19.1 Å². The van der Waals surface area contributed by atoms with Crippen LogP contribution >= 0.6 is 22.9 Å². The van der Waals surface area contributed by atoms with Gasteiger partial charge in [-0.25, -0.2) is 9.78 Å². The van der Waals surface area contributed by atoms with Gasteiger partial charge in [0.25, 0.3) is 5.56 Å². The van der Waals surface area contributed by atoms with E-state index in [0.717, 1.165) is 43.0 Å². The zero-order valence-electron chi connectivity index (χ0n) is 22.4. The Bertz CT molecular complexity index is 1810. The van der Waals surface area contributed by atoms with Gasteiger partial charge in [0, 0.05) is 28.4 Å². The lowest BCUT2D eigenvalue weighted by molar-refractivity contribution is -0.136. The van der Waals surface area contributed by atoms with E-state index in [4.69, 9.17) is 21.7 Å². The van der Waals surface area contributed by atoms with Crippen molar-refractivity contribution in [2.75, 3.05) is 0 Å². The van der Waals surface area contributed by atoms with Crippen molar-refractivity contribution in [3.63, 3.8) is 0 Å². The summed E-state index contributed by atoms with van der Waals surface area (Å²) in [5.41, 5.74) is 3.91. The summed E-state index contributed by atoms with van der Waals surface area (Å²) in [5, 5.41) is 19.4. The molecule has 0 saturated carbocycles. The topological polar surface area (TPSA) is 125 Å². The lowest BCUT2D eigenvalue weighted by Gasteiger charge is -2.13. The fraction of sp³-hybridized carbons (Fsp3) is 0.200. The van der Waals surface area contributed by atoms with Crippen LogP contribution < -0.4 is 11.2 Å². The summed E-state index contributed by atoms with van der Waals surface area (Å²) in [6.07, 6.45) is 1.32. The van der Waals surface area contributed by atoms with Crippen molar-refractivity contribution in [2.24, 2.45) is 0 Å². The first-order valence-corrected chi connectivity index (χ1v) is 13.6. The number of carboxylic acid groups (broad SMARTS) is 1. The number of aliphatic carboxylic acids is 1. The number of carboxylic acids is 1. The number of aromatic amines is 1. The maximum Gasteiger partial charge on any atom is 0.332 e. The third-order valence-corrected chi connectivity index (χ3v) is 7.06. The highest BCUT2D eigenvalue weighted by Crippen LogP contribution is 2.41. The van der Waals surface area contributed by atoms with Crippen LogP contribution in [-0.2, 0) is 11.2 Å². The van der Waals surface area contributed by atoms with Crippen LogP contribution in [0.15, 0.2) is 76.4 Å². The van der Waals surface area contributed by atoms with Crippen molar-refractivity contribution in [1.29, 1.82) is 0 Å². The highest BCUT2D eigenvalue weighted by molar-refractivity contribution is 7.22. The van der Waals surface area contributed by atoms with Crippen molar-refractivity contribution in [1.82, 2.24) is 14.5 Å². The van der Waals surface area contributed by atoms with Gasteiger partial charge in [-0.1, -0.05) is 35.9 Å². The Labute approximate surface area is 239 Å². The van der Waals surface area contributed by atoms with Gasteiger partial charge in [-0.2, -0.15) is 0 Å². The zero-order valence-corrected chi connectivity index (χ0v) is 23.9. The van der Waals surface area contributed by atoms with Gasteiger partial charge in [-0.05, 0) is 74.7 Å². The Morgan fingerprint density at radius 2 is 1.73 bits per heavy atom. The highest BCUT2D eigenvalue weighted by Gasteiger charge is 2.19. The van der Waals surface area contributed by atoms with Crippen molar-refractivity contribution < 1.29 is 15.0 Å². The minimum absolute atomic E-state index is 0.114. The Morgan fingerprint density at radius 3 is 2.35 bits per heavy atom. The fourth-order valence-electron chi connectivity index (χ4n) is 4.07. The van der Waals surface area contributed by atoms with E-state index in [0.29, 0.717) is 10.7 Å². The van der Waals surface area contributed by atoms with Crippen molar-refractivity contribution in [3.8, 4) is 27.4 Å². The number of halogens is 1. The molecule has 2 heterocycles. The van der Waals surface area contributed by atoms with Gasteiger partial charge >= 0.3 is 11.7 Å². The van der Waals surface area contributed by atoms with E-state index in [1.165, 1.54) is 28.2 Å². The monoisotopic (exact) mass is 577 g/mol. The van der Waals surface area contributed by atoms with Crippen molar-refractivity contribution in [3.05, 3.63) is 104 Å². The molecule has 0 amide bonds. The summed E-state index contributed by atoms with van der Waals surface area (Å²) < 4.78 is 2.22. The number of hydrogen-bond donors (Lipinski definition) is 3. The van der Waals surface area contributed by atoms with Crippen LogP contribution in [0.2, 0.25) is 5.02 Å². The molecule has 0 radical (unpaired) electrons. The molecule has 0 saturated heterocycles. The van der Waals surface area contributed by atoms with E-state index in [9.17, 15) is 19.5 Å². The van der Waals surface area contributed by atoms with Crippen LogP contribution in [0.25, 0.3) is 37.6 Å². The second-order valence-electron chi connectivity index (χ2n) is 10.2. The van der Waals surface area contributed by atoms with E-state index in [2.05, 4.69) is 4.98 Å². The fourth-order valence-corrected chi connectivity index (χ4v) is 5.33. The standard InChI is InChI=1S/C26H18ClN3O4S.C4H10O/c1-14-11-20-24(23(19(14)13-22(32)33)15-5-7-17(27)8-6-15)35-25(28-20)16-3-2-4-18(12-16)30-10-9-21(31)29-26(30)34;1-4(2,3)5/h2-12H,13H2,1H3,(H,32,33)(H,29,31,34);5H,1-3H3. The summed E-state index contributed by atoms with van der Waals surface area (Å²) in [5.74, 6) is -0.911. The van der Waals surface area contributed by atoms with Crippen LogP contribution in [0.4, 0.5) is 0 Å². The van der Waals surface area contributed by atoms with Crippen LogP contribution in [0, 0.1) is 6.92 Å². The molecule has 0 aliphatic carbocycles. The number of benzene rings is 3. The first kappa shape index (κ1) is 28.9. The molecule has 10 heteroatoms. The smallest absolute Gasteiger partial charge is 0.332 e. The molecule has 3 N–H and O–H groups in total. The summed E-state index contributed by atoms with van der Waals surface area (Å²) in [6, 6.07) is 17.8. The number of rotatable bonds is 5.